The fourth-order valence-corrected chi connectivity index (χ4v) is 1.78. The number of hydrogen-bond donors (Lipinski definition) is 1. The van der Waals surface area contributed by atoms with Gasteiger partial charge >= 0.3 is 5.97 Å². The molecule has 20 heavy (non-hydrogen) atoms. The van der Waals surface area contributed by atoms with Crippen LogP contribution in [0.3, 0.4) is 0 Å². The van der Waals surface area contributed by atoms with E-state index in [9.17, 15) is 4.79 Å². The fraction of sp³-hybridized carbons (Fsp3) is 0.500. The van der Waals surface area contributed by atoms with Gasteiger partial charge in [-0.3, -0.25) is 0 Å². The Balaban J connectivity index is 0.00000361. The lowest BCUT2D eigenvalue weighted by Gasteiger charge is -2.10. The molecule has 0 radical (unpaired) electrons. The third-order valence-electron chi connectivity index (χ3n) is 2.60. The summed E-state index contributed by atoms with van der Waals surface area (Å²) in [6, 6.07) is 4.95. The smallest absolute Gasteiger partial charge is 0.341 e. The lowest BCUT2D eigenvalue weighted by molar-refractivity contribution is 0.0596. The normalized spacial score (nSPS) is 9.75. The Morgan fingerprint density at radius 2 is 2.10 bits per heavy atom. The second-order valence-electron chi connectivity index (χ2n) is 4.04. The molecule has 0 aliphatic carbocycles. The Kier molecular flexibility index (Phi) is 10.3. The Hall–Kier alpha value is -0.970. The third-order valence-corrected chi connectivity index (χ3v) is 2.84. The van der Waals surface area contributed by atoms with Crippen molar-refractivity contribution in [2.75, 3.05) is 26.8 Å². The number of esters is 1. The van der Waals surface area contributed by atoms with E-state index in [-0.39, 0.29) is 12.4 Å². The zero-order valence-corrected chi connectivity index (χ0v) is 13.4. The van der Waals surface area contributed by atoms with Gasteiger partial charge in [0.1, 0.15) is 11.3 Å². The van der Waals surface area contributed by atoms with Gasteiger partial charge < -0.3 is 14.8 Å². The second-order valence-corrected chi connectivity index (χ2v) is 4.48. The van der Waals surface area contributed by atoms with Gasteiger partial charge in [-0.05, 0) is 44.1 Å². The summed E-state index contributed by atoms with van der Waals surface area (Å²) < 4.78 is 10.3. The van der Waals surface area contributed by atoms with Crippen LogP contribution in [-0.2, 0) is 4.74 Å². The molecule has 0 aliphatic heterocycles. The molecule has 0 aliphatic rings. The lowest BCUT2D eigenvalue weighted by atomic mass is 10.2. The molecular formula is C14H21Cl2NO3. The van der Waals surface area contributed by atoms with Crippen molar-refractivity contribution in [1.82, 2.24) is 5.32 Å². The van der Waals surface area contributed by atoms with Gasteiger partial charge in [0, 0.05) is 5.02 Å². The number of carbonyl (C=O) groups excluding carboxylic acids is 1. The van der Waals surface area contributed by atoms with Crippen molar-refractivity contribution in [2.24, 2.45) is 0 Å². The van der Waals surface area contributed by atoms with Gasteiger partial charge in [-0.25, -0.2) is 4.79 Å². The van der Waals surface area contributed by atoms with Crippen molar-refractivity contribution in [3.05, 3.63) is 28.8 Å². The van der Waals surface area contributed by atoms with E-state index in [1.807, 2.05) is 0 Å². The van der Waals surface area contributed by atoms with Crippen LogP contribution in [-0.4, -0.2) is 32.8 Å². The number of hydrogen-bond acceptors (Lipinski definition) is 4. The maximum Gasteiger partial charge on any atom is 0.341 e. The minimum absolute atomic E-state index is 0. The van der Waals surface area contributed by atoms with E-state index < -0.39 is 5.97 Å². The zero-order chi connectivity index (χ0) is 14.1. The van der Waals surface area contributed by atoms with Gasteiger partial charge in [0.15, 0.2) is 0 Å². The molecule has 0 spiro atoms. The molecule has 1 N–H and O–H groups in total. The molecule has 1 rings (SSSR count). The topological polar surface area (TPSA) is 47.6 Å². The number of halogens is 2. The van der Waals surface area contributed by atoms with Crippen LogP contribution in [0.4, 0.5) is 0 Å². The highest BCUT2D eigenvalue weighted by molar-refractivity contribution is 6.31. The third kappa shape index (κ3) is 6.46. The van der Waals surface area contributed by atoms with Crippen molar-refractivity contribution in [2.45, 2.75) is 19.8 Å². The molecule has 0 saturated carbocycles. The van der Waals surface area contributed by atoms with E-state index in [1.54, 1.807) is 18.2 Å². The van der Waals surface area contributed by atoms with Gasteiger partial charge in [-0.15, -0.1) is 12.4 Å². The van der Waals surface area contributed by atoms with E-state index in [0.717, 1.165) is 25.9 Å². The van der Waals surface area contributed by atoms with Gasteiger partial charge in [0.2, 0.25) is 0 Å². The first-order chi connectivity index (χ1) is 9.19. The van der Waals surface area contributed by atoms with Crippen molar-refractivity contribution in [3.63, 3.8) is 0 Å². The maximum absolute atomic E-state index is 11.6. The Bertz CT molecular complexity index is 413. The summed E-state index contributed by atoms with van der Waals surface area (Å²) in [6.45, 7) is 4.60. The number of unbranched alkanes of at least 4 members (excludes halogenated alkanes) is 1. The number of carbonyl (C=O) groups is 1. The van der Waals surface area contributed by atoms with Gasteiger partial charge in [-0.1, -0.05) is 18.5 Å². The zero-order valence-electron chi connectivity index (χ0n) is 11.8. The first kappa shape index (κ1) is 19.0. The van der Waals surface area contributed by atoms with Crippen LogP contribution in [0.1, 0.15) is 30.1 Å². The Labute approximate surface area is 131 Å². The van der Waals surface area contributed by atoms with Crippen LogP contribution in [0, 0.1) is 0 Å². The highest BCUT2D eigenvalue weighted by Crippen LogP contribution is 2.23. The number of methoxy groups -OCH3 is 1. The monoisotopic (exact) mass is 321 g/mol. The predicted octanol–water partition coefficient (Wildman–Crippen LogP) is 3.32. The number of ether oxygens (including phenoxy) is 2. The average molecular weight is 322 g/mol. The van der Waals surface area contributed by atoms with Crippen LogP contribution in [0.5, 0.6) is 5.75 Å². The minimum Gasteiger partial charge on any atom is -0.493 e. The molecular weight excluding hydrogens is 301 g/mol. The van der Waals surface area contributed by atoms with Crippen LogP contribution in [0.15, 0.2) is 18.2 Å². The van der Waals surface area contributed by atoms with Crippen molar-refractivity contribution in [3.8, 4) is 5.75 Å². The molecule has 1 aromatic rings. The highest BCUT2D eigenvalue weighted by Gasteiger charge is 2.13. The average Bonchev–Trinajstić information content (AvgIpc) is 2.43. The molecule has 0 aromatic heterocycles. The van der Waals surface area contributed by atoms with Crippen LogP contribution in [0.25, 0.3) is 0 Å². The predicted molar refractivity (Wildman–Crippen MR) is 83.3 cm³/mol. The van der Waals surface area contributed by atoms with Crippen molar-refractivity contribution in [1.29, 1.82) is 0 Å². The first-order valence-electron chi connectivity index (χ1n) is 6.40. The number of nitrogens with one attached hydrogen (secondary N) is 1. The summed E-state index contributed by atoms with van der Waals surface area (Å²) in [4.78, 5) is 11.6. The summed E-state index contributed by atoms with van der Waals surface area (Å²) in [6.07, 6.45) is 1.96. The standard InChI is InChI=1S/C14H20ClNO3.ClH/c1-3-16-8-4-5-9-19-13-7-6-11(15)10-12(13)14(17)18-2;/h6-7,10,16H,3-5,8-9H2,1-2H3;1H. The molecule has 0 saturated heterocycles. The van der Waals surface area contributed by atoms with Gasteiger partial charge in [0.05, 0.1) is 13.7 Å². The minimum atomic E-state index is -0.440. The molecule has 114 valence electrons. The quantitative estimate of drug-likeness (QED) is 0.589. The van der Waals surface area contributed by atoms with Crippen LogP contribution < -0.4 is 10.1 Å². The summed E-state index contributed by atoms with van der Waals surface area (Å²) in [5, 5.41) is 3.73. The van der Waals surface area contributed by atoms with Crippen molar-refractivity contribution < 1.29 is 14.3 Å². The molecule has 0 amide bonds. The summed E-state index contributed by atoms with van der Waals surface area (Å²) >= 11 is 5.86. The van der Waals surface area contributed by atoms with E-state index in [0.29, 0.717) is 22.9 Å². The van der Waals surface area contributed by atoms with Gasteiger partial charge in [0.25, 0.3) is 0 Å². The van der Waals surface area contributed by atoms with Gasteiger partial charge in [-0.2, -0.15) is 0 Å². The van der Waals surface area contributed by atoms with E-state index in [4.69, 9.17) is 21.1 Å². The van der Waals surface area contributed by atoms with E-state index in [2.05, 4.69) is 12.2 Å². The van der Waals surface area contributed by atoms with Crippen LogP contribution >= 0.6 is 24.0 Å². The second kappa shape index (κ2) is 10.8. The summed E-state index contributed by atoms with van der Waals surface area (Å²) in [5.41, 5.74) is 0.363. The molecule has 4 nitrogen and oxygen atoms in total. The molecule has 0 heterocycles. The molecule has 0 fully saturated rings. The van der Waals surface area contributed by atoms with Crippen LogP contribution in [0.2, 0.25) is 5.02 Å². The Morgan fingerprint density at radius 3 is 2.75 bits per heavy atom. The Morgan fingerprint density at radius 1 is 1.35 bits per heavy atom. The largest absolute Gasteiger partial charge is 0.493 e. The summed E-state index contributed by atoms with van der Waals surface area (Å²) in [5.74, 6) is 0.0739. The number of rotatable bonds is 8. The molecule has 0 unspecified atom stereocenters. The molecule has 6 heteroatoms. The number of benzene rings is 1. The first-order valence-corrected chi connectivity index (χ1v) is 6.78. The SMILES string of the molecule is CCNCCCCOc1ccc(Cl)cc1C(=O)OC.Cl. The fourth-order valence-electron chi connectivity index (χ4n) is 1.61. The molecule has 0 atom stereocenters. The summed E-state index contributed by atoms with van der Waals surface area (Å²) in [7, 11) is 1.34. The maximum atomic E-state index is 11.6. The molecule has 0 bridgehead atoms. The van der Waals surface area contributed by atoms with Crippen molar-refractivity contribution >= 4 is 30.0 Å². The van der Waals surface area contributed by atoms with E-state index >= 15 is 0 Å². The lowest BCUT2D eigenvalue weighted by Crippen LogP contribution is -2.15. The highest BCUT2D eigenvalue weighted by atomic mass is 35.5. The molecule has 1 aromatic carbocycles. The van der Waals surface area contributed by atoms with E-state index in [1.165, 1.54) is 7.11 Å².